The molecular weight excluding hydrogens is 230 g/mol. The van der Waals surface area contributed by atoms with E-state index < -0.39 is 0 Å². The predicted octanol–water partition coefficient (Wildman–Crippen LogP) is 0.980. The van der Waals surface area contributed by atoms with Crippen LogP contribution in [0.1, 0.15) is 24.4 Å². The Morgan fingerprint density at radius 1 is 1.44 bits per heavy atom. The van der Waals surface area contributed by atoms with Gasteiger partial charge in [-0.05, 0) is 12.8 Å². The van der Waals surface area contributed by atoms with Crippen LogP contribution in [-0.4, -0.2) is 34.7 Å². The third kappa shape index (κ3) is 1.83. The van der Waals surface area contributed by atoms with Crippen molar-refractivity contribution >= 4 is 16.9 Å². The highest BCUT2D eigenvalue weighted by molar-refractivity contribution is 5.87. The Morgan fingerprint density at radius 3 is 3.17 bits per heavy atom. The van der Waals surface area contributed by atoms with Gasteiger partial charge >= 0.3 is 0 Å². The summed E-state index contributed by atoms with van der Waals surface area (Å²) in [6.45, 7) is 0.746. The zero-order valence-corrected chi connectivity index (χ0v) is 10.3. The fraction of sp³-hybridized carbons (Fsp3) is 0.500. The molecule has 6 heteroatoms. The minimum atomic E-state index is 0.313. The largest absolute Gasteiger partial charge is 0.383 e. The first-order chi connectivity index (χ1) is 8.79. The predicted molar refractivity (Wildman–Crippen MR) is 69.1 cm³/mol. The van der Waals surface area contributed by atoms with Gasteiger partial charge in [0.05, 0.1) is 12.1 Å². The monoisotopic (exact) mass is 247 g/mol. The molecule has 1 saturated heterocycles. The molecule has 0 unspecified atom stereocenters. The lowest BCUT2D eigenvalue weighted by Crippen LogP contribution is -2.28. The van der Waals surface area contributed by atoms with Crippen molar-refractivity contribution in [2.24, 2.45) is 0 Å². The molecule has 2 atom stereocenters. The molecule has 18 heavy (non-hydrogen) atoms. The summed E-state index contributed by atoms with van der Waals surface area (Å²) in [4.78, 5) is 11.5. The van der Waals surface area contributed by atoms with E-state index in [-0.39, 0.29) is 0 Å². The van der Waals surface area contributed by atoms with Gasteiger partial charge in [-0.25, -0.2) is 9.97 Å². The van der Waals surface area contributed by atoms with Gasteiger partial charge in [0.1, 0.15) is 11.8 Å². The minimum Gasteiger partial charge on any atom is -0.383 e. The highest BCUT2D eigenvalue weighted by Crippen LogP contribution is 2.31. The third-order valence-corrected chi connectivity index (χ3v) is 3.51. The van der Waals surface area contributed by atoms with Crippen LogP contribution in [0.15, 0.2) is 12.5 Å². The van der Waals surface area contributed by atoms with Gasteiger partial charge in [-0.1, -0.05) is 0 Å². The van der Waals surface area contributed by atoms with Crippen LogP contribution in [0, 0.1) is 0 Å². The van der Waals surface area contributed by atoms with E-state index in [9.17, 15) is 0 Å². The quantitative estimate of drug-likeness (QED) is 0.752. The summed E-state index contributed by atoms with van der Waals surface area (Å²) in [6, 6.07) is 0.734. The first-order valence-corrected chi connectivity index (χ1v) is 6.12. The topological polar surface area (TPSA) is 88.8 Å². The number of hydrogen-bond donors (Lipinski definition) is 3. The number of H-pyrrole nitrogens is 1. The molecule has 0 amide bonds. The molecule has 96 valence electrons. The van der Waals surface area contributed by atoms with Gasteiger partial charge in [-0.2, -0.15) is 0 Å². The number of nitrogens with two attached hydrogens (primary N) is 1. The Hall–Kier alpha value is -1.66. The van der Waals surface area contributed by atoms with Crippen LogP contribution in [0.4, 0.5) is 5.82 Å². The van der Waals surface area contributed by atoms with Crippen molar-refractivity contribution in [2.75, 3.05) is 19.5 Å². The van der Waals surface area contributed by atoms with Crippen molar-refractivity contribution in [3.8, 4) is 0 Å². The van der Waals surface area contributed by atoms with Crippen LogP contribution in [-0.2, 0) is 4.74 Å². The van der Waals surface area contributed by atoms with Crippen LogP contribution in [0.2, 0.25) is 0 Å². The summed E-state index contributed by atoms with van der Waals surface area (Å²) >= 11 is 0. The Morgan fingerprint density at radius 2 is 2.33 bits per heavy atom. The fourth-order valence-corrected chi connectivity index (χ4v) is 2.64. The molecule has 2 aromatic heterocycles. The Bertz CT molecular complexity index is 552. The number of fused-ring (bicyclic) bond motifs is 1. The summed E-state index contributed by atoms with van der Waals surface area (Å²) in [5.41, 5.74) is 8.72. The molecule has 3 rings (SSSR count). The zero-order chi connectivity index (χ0) is 12.5. The minimum absolute atomic E-state index is 0.313. The van der Waals surface area contributed by atoms with Gasteiger partial charge < -0.3 is 20.8 Å². The molecule has 0 spiro atoms. The van der Waals surface area contributed by atoms with E-state index in [0.717, 1.165) is 36.0 Å². The summed E-state index contributed by atoms with van der Waals surface area (Å²) in [6.07, 6.45) is 5.69. The summed E-state index contributed by atoms with van der Waals surface area (Å²) in [5.74, 6) is 0.498. The molecule has 2 aromatic rings. The maximum atomic E-state index is 5.82. The molecule has 0 radical (unpaired) electrons. The second-order valence-corrected chi connectivity index (χ2v) is 4.68. The van der Waals surface area contributed by atoms with Gasteiger partial charge in [0.25, 0.3) is 0 Å². The van der Waals surface area contributed by atoms with Crippen molar-refractivity contribution in [3.63, 3.8) is 0 Å². The van der Waals surface area contributed by atoms with Gasteiger partial charge in [0.2, 0.25) is 0 Å². The molecule has 6 nitrogen and oxygen atoms in total. The van der Waals surface area contributed by atoms with Gasteiger partial charge in [-0.3, -0.25) is 0 Å². The number of methoxy groups -OCH3 is 1. The molecule has 3 heterocycles. The van der Waals surface area contributed by atoms with Crippen molar-refractivity contribution in [2.45, 2.75) is 24.9 Å². The Labute approximate surface area is 105 Å². The fourth-order valence-electron chi connectivity index (χ4n) is 2.64. The molecule has 1 aliphatic rings. The van der Waals surface area contributed by atoms with E-state index in [1.165, 1.54) is 6.33 Å². The summed E-state index contributed by atoms with van der Waals surface area (Å²) in [5, 5.41) is 3.56. The zero-order valence-electron chi connectivity index (χ0n) is 10.3. The van der Waals surface area contributed by atoms with Crippen LogP contribution in [0.5, 0.6) is 0 Å². The van der Waals surface area contributed by atoms with Crippen LogP contribution >= 0.6 is 0 Å². The number of nitrogens with one attached hydrogen (secondary N) is 2. The SMILES string of the molecule is COC[C@@H]1CC[C@H](c2c[nH]c3c(N)ncnc23)N1. The maximum Gasteiger partial charge on any atom is 0.151 e. The standard InChI is InChI=1S/C12H17N5O/c1-18-5-7-2-3-9(17-7)8-4-14-11-10(8)15-6-16-12(11)13/h4,6-7,9,14,17H,2-3,5H2,1H3,(H2,13,15,16)/t7-,9+/m0/s1. The van der Waals surface area contributed by atoms with Crippen LogP contribution in [0.25, 0.3) is 11.0 Å². The Kier molecular flexibility index (Phi) is 2.89. The van der Waals surface area contributed by atoms with E-state index in [1.54, 1.807) is 7.11 Å². The lowest BCUT2D eigenvalue weighted by molar-refractivity contribution is 0.172. The lowest BCUT2D eigenvalue weighted by atomic mass is 10.1. The van der Waals surface area contributed by atoms with Gasteiger partial charge in [0, 0.05) is 31.0 Å². The molecule has 0 saturated carbocycles. The molecule has 4 N–H and O–H groups in total. The van der Waals surface area contributed by atoms with E-state index in [2.05, 4.69) is 20.3 Å². The van der Waals surface area contributed by atoms with E-state index in [4.69, 9.17) is 10.5 Å². The molecule has 0 aromatic carbocycles. The van der Waals surface area contributed by atoms with Crippen molar-refractivity contribution in [1.82, 2.24) is 20.3 Å². The van der Waals surface area contributed by atoms with Gasteiger partial charge in [-0.15, -0.1) is 0 Å². The Balaban J connectivity index is 1.89. The first kappa shape index (κ1) is 11.4. The number of aromatic nitrogens is 3. The first-order valence-electron chi connectivity index (χ1n) is 6.12. The summed E-state index contributed by atoms with van der Waals surface area (Å²) < 4.78 is 5.18. The average Bonchev–Trinajstić information content (AvgIpc) is 2.96. The number of nitrogen functional groups attached to an aromatic ring is 1. The molecule has 0 aliphatic carbocycles. The molecule has 1 aliphatic heterocycles. The van der Waals surface area contributed by atoms with E-state index in [0.29, 0.717) is 17.9 Å². The highest BCUT2D eigenvalue weighted by atomic mass is 16.5. The van der Waals surface area contributed by atoms with Crippen molar-refractivity contribution in [3.05, 3.63) is 18.1 Å². The van der Waals surface area contributed by atoms with Crippen LogP contribution < -0.4 is 11.1 Å². The third-order valence-electron chi connectivity index (χ3n) is 3.51. The molecular formula is C12H17N5O. The number of aromatic amines is 1. The molecule has 0 bridgehead atoms. The smallest absolute Gasteiger partial charge is 0.151 e. The van der Waals surface area contributed by atoms with Crippen LogP contribution in [0.3, 0.4) is 0 Å². The maximum absolute atomic E-state index is 5.82. The van der Waals surface area contributed by atoms with E-state index in [1.807, 2.05) is 6.20 Å². The normalized spacial score (nSPS) is 23.8. The highest BCUT2D eigenvalue weighted by Gasteiger charge is 2.27. The number of ether oxygens (including phenoxy) is 1. The molecule has 1 fully saturated rings. The number of anilines is 1. The second kappa shape index (κ2) is 4.55. The average molecular weight is 247 g/mol. The number of nitrogens with zero attached hydrogens (tertiary/aromatic N) is 2. The summed E-state index contributed by atoms with van der Waals surface area (Å²) in [7, 11) is 1.73. The second-order valence-electron chi connectivity index (χ2n) is 4.68. The number of hydrogen-bond acceptors (Lipinski definition) is 5. The lowest BCUT2D eigenvalue weighted by Gasteiger charge is -2.12. The van der Waals surface area contributed by atoms with Gasteiger partial charge in [0.15, 0.2) is 5.82 Å². The van der Waals surface area contributed by atoms with Crippen molar-refractivity contribution < 1.29 is 4.74 Å². The van der Waals surface area contributed by atoms with Crippen molar-refractivity contribution in [1.29, 1.82) is 0 Å². The van der Waals surface area contributed by atoms with E-state index >= 15 is 0 Å². The number of rotatable bonds is 3.